The van der Waals surface area contributed by atoms with E-state index in [0.717, 1.165) is 49.2 Å². The minimum atomic E-state index is -0.182. The normalized spacial score (nSPS) is 22.8. The first-order valence-corrected chi connectivity index (χ1v) is 8.08. The lowest BCUT2D eigenvalue weighted by molar-refractivity contribution is 0.321. The fraction of sp³-hybridized carbons (Fsp3) is 0.588. The maximum atomic E-state index is 13.6. The number of benzene rings is 1. The van der Waals surface area contributed by atoms with Crippen LogP contribution in [0.4, 0.5) is 4.39 Å². The van der Waals surface area contributed by atoms with E-state index in [1.165, 1.54) is 18.9 Å². The molecule has 0 unspecified atom stereocenters. The van der Waals surface area contributed by atoms with E-state index in [1.54, 1.807) is 12.1 Å². The molecule has 0 atom stereocenters. The van der Waals surface area contributed by atoms with Gasteiger partial charge in [0.1, 0.15) is 11.6 Å². The highest BCUT2D eigenvalue weighted by molar-refractivity contribution is 5.76. The third-order valence-corrected chi connectivity index (χ3v) is 4.73. The summed E-state index contributed by atoms with van der Waals surface area (Å²) >= 11 is 0. The molecule has 2 aromatic rings. The van der Waals surface area contributed by atoms with Gasteiger partial charge in [-0.1, -0.05) is 6.92 Å². The molecule has 1 aliphatic carbocycles. The largest absolute Gasteiger partial charge is 0.330 e. The van der Waals surface area contributed by atoms with Gasteiger partial charge in [-0.2, -0.15) is 0 Å². The van der Waals surface area contributed by atoms with Gasteiger partial charge in [-0.25, -0.2) is 9.37 Å². The SMILES string of the molecule is CCCn1c(C2CCC(CN)CC2)nc2ccc(F)cc21. The molecule has 0 amide bonds. The Morgan fingerprint density at radius 1 is 1.29 bits per heavy atom. The van der Waals surface area contributed by atoms with Crippen LogP contribution in [0.3, 0.4) is 0 Å². The van der Waals surface area contributed by atoms with Crippen LogP contribution in [0.25, 0.3) is 11.0 Å². The Kier molecular flexibility index (Phi) is 4.24. The van der Waals surface area contributed by atoms with Crippen LogP contribution in [0.2, 0.25) is 0 Å². The molecule has 3 rings (SSSR count). The van der Waals surface area contributed by atoms with E-state index >= 15 is 0 Å². The van der Waals surface area contributed by atoms with Crippen LogP contribution in [0.15, 0.2) is 18.2 Å². The molecule has 0 radical (unpaired) electrons. The van der Waals surface area contributed by atoms with Crippen LogP contribution in [-0.4, -0.2) is 16.1 Å². The molecule has 1 aromatic carbocycles. The summed E-state index contributed by atoms with van der Waals surface area (Å²) in [7, 11) is 0. The zero-order valence-corrected chi connectivity index (χ0v) is 12.7. The van der Waals surface area contributed by atoms with Gasteiger partial charge >= 0.3 is 0 Å². The van der Waals surface area contributed by atoms with Crippen LogP contribution in [-0.2, 0) is 6.54 Å². The summed E-state index contributed by atoms with van der Waals surface area (Å²) in [4.78, 5) is 4.81. The Morgan fingerprint density at radius 3 is 2.71 bits per heavy atom. The minimum absolute atomic E-state index is 0.182. The zero-order valence-electron chi connectivity index (χ0n) is 12.7. The van der Waals surface area contributed by atoms with Crippen LogP contribution in [0, 0.1) is 11.7 Å². The molecule has 0 aliphatic heterocycles. The summed E-state index contributed by atoms with van der Waals surface area (Å²) in [6.45, 7) is 3.86. The van der Waals surface area contributed by atoms with Crippen molar-refractivity contribution >= 4 is 11.0 Å². The molecule has 1 heterocycles. The fourth-order valence-electron chi connectivity index (χ4n) is 3.54. The van der Waals surface area contributed by atoms with Gasteiger partial charge in [-0.3, -0.25) is 0 Å². The molecule has 114 valence electrons. The lowest BCUT2D eigenvalue weighted by Gasteiger charge is -2.27. The van der Waals surface area contributed by atoms with Crippen molar-refractivity contribution in [2.45, 2.75) is 51.5 Å². The lowest BCUT2D eigenvalue weighted by Crippen LogP contribution is -2.22. The van der Waals surface area contributed by atoms with Crippen molar-refractivity contribution < 1.29 is 4.39 Å². The first-order chi connectivity index (χ1) is 10.2. The van der Waals surface area contributed by atoms with Crippen molar-refractivity contribution in [2.24, 2.45) is 11.7 Å². The van der Waals surface area contributed by atoms with Gasteiger partial charge < -0.3 is 10.3 Å². The number of fused-ring (bicyclic) bond motifs is 1. The van der Waals surface area contributed by atoms with Gasteiger partial charge in [0.2, 0.25) is 0 Å². The molecular formula is C17H24FN3. The maximum Gasteiger partial charge on any atom is 0.125 e. The number of aryl methyl sites for hydroxylation is 1. The van der Waals surface area contributed by atoms with Gasteiger partial charge in [0, 0.05) is 12.5 Å². The number of nitrogens with zero attached hydrogens (tertiary/aromatic N) is 2. The molecule has 0 bridgehead atoms. The number of nitrogens with two attached hydrogens (primary N) is 1. The van der Waals surface area contributed by atoms with Crippen LogP contribution < -0.4 is 5.73 Å². The minimum Gasteiger partial charge on any atom is -0.330 e. The van der Waals surface area contributed by atoms with Crippen molar-refractivity contribution in [1.82, 2.24) is 9.55 Å². The number of halogens is 1. The molecule has 2 N–H and O–H groups in total. The molecule has 1 aromatic heterocycles. The number of hydrogen-bond donors (Lipinski definition) is 1. The van der Waals surface area contributed by atoms with E-state index in [2.05, 4.69) is 11.5 Å². The molecule has 3 nitrogen and oxygen atoms in total. The molecule has 21 heavy (non-hydrogen) atoms. The number of aromatic nitrogens is 2. The first kappa shape index (κ1) is 14.5. The molecule has 1 aliphatic rings. The van der Waals surface area contributed by atoms with E-state index < -0.39 is 0 Å². The summed E-state index contributed by atoms with van der Waals surface area (Å²) in [5.41, 5.74) is 7.64. The quantitative estimate of drug-likeness (QED) is 0.930. The molecule has 4 heteroatoms. The van der Waals surface area contributed by atoms with Crippen LogP contribution in [0.1, 0.15) is 50.8 Å². The molecule has 0 spiro atoms. The van der Waals surface area contributed by atoms with Gasteiger partial charge in [0.25, 0.3) is 0 Å². The van der Waals surface area contributed by atoms with Gasteiger partial charge in [0.15, 0.2) is 0 Å². The Hall–Kier alpha value is -1.42. The van der Waals surface area contributed by atoms with Gasteiger partial charge in [-0.05, 0) is 62.8 Å². The van der Waals surface area contributed by atoms with E-state index in [9.17, 15) is 4.39 Å². The summed E-state index contributed by atoms with van der Waals surface area (Å²) < 4.78 is 15.8. The monoisotopic (exact) mass is 289 g/mol. The Bertz CT molecular complexity index is 612. The standard InChI is InChI=1S/C17H24FN3/c1-2-9-21-16-10-14(18)7-8-15(16)20-17(21)13-5-3-12(11-19)4-6-13/h7-8,10,12-13H,2-6,9,11,19H2,1H3. The van der Waals surface area contributed by atoms with E-state index in [-0.39, 0.29) is 5.82 Å². The predicted molar refractivity (Wildman–Crippen MR) is 83.7 cm³/mol. The smallest absolute Gasteiger partial charge is 0.125 e. The Balaban J connectivity index is 1.95. The van der Waals surface area contributed by atoms with Crippen molar-refractivity contribution in [2.75, 3.05) is 6.54 Å². The van der Waals surface area contributed by atoms with E-state index in [0.29, 0.717) is 11.8 Å². The van der Waals surface area contributed by atoms with Crippen LogP contribution >= 0.6 is 0 Å². The molecule has 1 fully saturated rings. The van der Waals surface area contributed by atoms with Crippen molar-refractivity contribution in [3.05, 3.63) is 29.8 Å². The Labute approximate surface area is 125 Å². The summed E-state index contributed by atoms with van der Waals surface area (Å²) in [5.74, 6) is 2.13. The molecular weight excluding hydrogens is 265 g/mol. The lowest BCUT2D eigenvalue weighted by atomic mass is 9.81. The van der Waals surface area contributed by atoms with Gasteiger partial charge in [0.05, 0.1) is 11.0 Å². The second-order valence-electron chi connectivity index (χ2n) is 6.21. The third-order valence-electron chi connectivity index (χ3n) is 4.73. The molecule has 0 saturated heterocycles. The van der Waals surface area contributed by atoms with Crippen molar-refractivity contribution in [1.29, 1.82) is 0 Å². The number of hydrogen-bond acceptors (Lipinski definition) is 2. The highest BCUT2D eigenvalue weighted by Gasteiger charge is 2.26. The highest BCUT2D eigenvalue weighted by Crippen LogP contribution is 2.36. The third kappa shape index (κ3) is 2.82. The highest BCUT2D eigenvalue weighted by atomic mass is 19.1. The summed E-state index contributed by atoms with van der Waals surface area (Å²) in [6, 6.07) is 4.92. The first-order valence-electron chi connectivity index (χ1n) is 8.08. The average Bonchev–Trinajstić information content (AvgIpc) is 2.86. The van der Waals surface area contributed by atoms with Crippen molar-refractivity contribution in [3.63, 3.8) is 0 Å². The average molecular weight is 289 g/mol. The second kappa shape index (κ2) is 6.14. The summed E-state index contributed by atoms with van der Waals surface area (Å²) in [6.07, 6.45) is 5.71. The maximum absolute atomic E-state index is 13.6. The summed E-state index contributed by atoms with van der Waals surface area (Å²) in [5, 5.41) is 0. The topological polar surface area (TPSA) is 43.8 Å². The zero-order chi connectivity index (χ0) is 14.8. The van der Waals surface area contributed by atoms with Crippen LogP contribution in [0.5, 0.6) is 0 Å². The van der Waals surface area contributed by atoms with Crippen molar-refractivity contribution in [3.8, 4) is 0 Å². The second-order valence-corrected chi connectivity index (χ2v) is 6.21. The van der Waals surface area contributed by atoms with Gasteiger partial charge in [-0.15, -0.1) is 0 Å². The number of rotatable bonds is 4. The fourth-order valence-corrected chi connectivity index (χ4v) is 3.54. The van der Waals surface area contributed by atoms with E-state index in [1.807, 2.05) is 0 Å². The van der Waals surface area contributed by atoms with E-state index in [4.69, 9.17) is 10.7 Å². The molecule has 1 saturated carbocycles. The number of imidazole rings is 1. The predicted octanol–water partition coefficient (Wildman–Crippen LogP) is 3.82. The Morgan fingerprint density at radius 2 is 2.05 bits per heavy atom.